The number of rotatable bonds is 1. The molecule has 0 aliphatic rings. The van der Waals surface area contributed by atoms with E-state index in [-0.39, 0.29) is 0 Å². The maximum absolute atomic E-state index is 9.76. The average molecular weight is 101 g/mol. The van der Waals surface area contributed by atoms with Gasteiger partial charge in [0.05, 0.1) is 0 Å². The minimum Gasteiger partial charge on any atom is -0.297 e. The highest BCUT2D eigenvalue weighted by atomic mass is 28.3. The molecule has 0 atom stereocenters. The maximum atomic E-state index is 9.76. The highest BCUT2D eigenvalue weighted by Gasteiger charge is 2.10. The van der Waals surface area contributed by atoms with E-state index in [1.54, 1.807) is 0 Å². The predicted octanol–water partition coefficient (Wildman–Crippen LogP) is 0.973. The molecule has 0 rings (SSSR count). The number of hydrogen-bond donors (Lipinski definition) is 0. The van der Waals surface area contributed by atoms with E-state index in [4.69, 9.17) is 0 Å². The Bertz CT molecular complexity index is 53.1. The van der Waals surface area contributed by atoms with Crippen LogP contribution in [0.25, 0.3) is 0 Å². The largest absolute Gasteiger partial charge is 0.297 e. The van der Waals surface area contributed by atoms with Crippen molar-refractivity contribution in [3.05, 3.63) is 0 Å². The predicted molar refractivity (Wildman–Crippen MR) is 29.0 cm³/mol. The Morgan fingerprint density at radius 1 is 1.33 bits per heavy atom. The van der Waals surface area contributed by atoms with Crippen LogP contribution < -0.4 is 0 Å². The maximum Gasteiger partial charge on any atom is 0.169 e. The van der Waals surface area contributed by atoms with Gasteiger partial charge in [0, 0.05) is 0 Å². The van der Waals surface area contributed by atoms with E-state index < -0.39 is 8.07 Å². The summed E-state index contributed by atoms with van der Waals surface area (Å²) in [5.41, 5.74) is 0. The molecule has 0 aromatic carbocycles. The smallest absolute Gasteiger partial charge is 0.169 e. The molecule has 1 radical (unpaired) electrons. The van der Waals surface area contributed by atoms with Gasteiger partial charge >= 0.3 is 0 Å². The second-order valence-corrected chi connectivity index (χ2v) is 7.06. The SMILES string of the molecule is C[Si](C)(C)[C]=O. The van der Waals surface area contributed by atoms with E-state index in [9.17, 15) is 4.79 Å². The van der Waals surface area contributed by atoms with Crippen molar-refractivity contribution in [3.63, 3.8) is 0 Å². The van der Waals surface area contributed by atoms with Gasteiger partial charge in [0.1, 0.15) is 8.07 Å². The minimum atomic E-state index is -1.44. The van der Waals surface area contributed by atoms with Gasteiger partial charge in [-0.15, -0.1) is 0 Å². The van der Waals surface area contributed by atoms with E-state index in [0.717, 1.165) is 0 Å². The van der Waals surface area contributed by atoms with Gasteiger partial charge in [0.25, 0.3) is 0 Å². The van der Waals surface area contributed by atoms with Crippen LogP contribution in [0.3, 0.4) is 0 Å². The van der Waals surface area contributed by atoms with Crippen LogP contribution in [0.15, 0.2) is 0 Å². The molecule has 0 amide bonds. The van der Waals surface area contributed by atoms with E-state index in [2.05, 4.69) is 0 Å². The first kappa shape index (κ1) is 5.89. The van der Waals surface area contributed by atoms with Crippen molar-refractivity contribution in [2.45, 2.75) is 19.6 Å². The van der Waals surface area contributed by atoms with Crippen molar-refractivity contribution in [2.24, 2.45) is 0 Å². The molecule has 0 aromatic heterocycles. The summed E-state index contributed by atoms with van der Waals surface area (Å²) >= 11 is 0. The Labute approximate surface area is 39.4 Å². The highest BCUT2D eigenvalue weighted by molar-refractivity contribution is 6.98. The quantitative estimate of drug-likeness (QED) is 0.450. The lowest BCUT2D eigenvalue weighted by atomic mass is 11.7. The molecule has 6 heavy (non-hydrogen) atoms. The minimum absolute atomic E-state index is 1.44. The Morgan fingerprint density at radius 3 is 1.50 bits per heavy atom. The monoisotopic (exact) mass is 101 g/mol. The van der Waals surface area contributed by atoms with Gasteiger partial charge in [0.15, 0.2) is 5.91 Å². The molecule has 0 unspecified atom stereocenters. The van der Waals surface area contributed by atoms with Gasteiger partial charge in [0.2, 0.25) is 0 Å². The van der Waals surface area contributed by atoms with Crippen molar-refractivity contribution in [1.82, 2.24) is 0 Å². The lowest BCUT2D eigenvalue weighted by Gasteiger charge is -1.97. The molecule has 35 valence electrons. The van der Waals surface area contributed by atoms with Crippen LogP contribution in [0.2, 0.25) is 19.6 Å². The second-order valence-electron chi connectivity index (χ2n) is 2.35. The van der Waals surface area contributed by atoms with Gasteiger partial charge < -0.3 is 0 Å². The summed E-state index contributed by atoms with van der Waals surface area (Å²) in [6.07, 6.45) is 0. The van der Waals surface area contributed by atoms with Gasteiger partial charge in [-0.2, -0.15) is 0 Å². The first-order valence-electron chi connectivity index (χ1n) is 1.95. The van der Waals surface area contributed by atoms with Crippen molar-refractivity contribution in [3.8, 4) is 0 Å². The van der Waals surface area contributed by atoms with Gasteiger partial charge in [-0.1, -0.05) is 19.6 Å². The molecule has 0 heterocycles. The summed E-state index contributed by atoms with van der Waals surface area (Å²) < 4.78 is 0. The Balaban J connectivity index is 3.45. The molecular formula is C4H9OSi. The summed E-state index contributed by atoms with van der Waals surface area (Å²) in [5, 5.41) is 0. The molecule has 0 aliphatic heterocycles. The molecule has 0 aliphatic carbocycles. The van der Waals surface area contributed by atoms with Gasteiger partial charge in [-0.25, -0.2) is 0 Å². The van der Waals surface area contributed by atoms with E-state index in [1.807, 2.05) is 25.6 Å². The van der Waals surface area contributed by atoms with E-state index in [0.29, 0.717) is 0 Å². The van der Waals surface area contributed by atoms with Crippen LogP contribution in [0.1, 0.15) is 0 Å². The summed E-state index contributed by atoms with van der Waals surface area (Å²) in [7, 11) is -1.44. The molecule has 0 fully saturated rings. The Kier molecular flexibility index (Phi) is 1.53. The summed E-state index contributed by atoms with van der Waals surface area (Å²) in [4.78, 5) is 9.76. The first-order valence-corrected chi connectivity index (χ1v) is 5.45. The molecule has 2 heteroatoms. The third kappa shape index (κ3) is 3.89. The van der Waals surface area contributed by atoms with Crippen LogP contribution in [-0.2, 0) is 4.79 Å². The van der Waals surface area contributed by atoms with E-state index in [1.165, 1.54) is 0 Å². The van der Waals surface area contributed by atoms with Crippen LogP contribution in [0.4, 0.5) is 0 Å². The summed E-state index contributed by atoms with van der Waals surface area (Å²) in [6, 6.07) is 0. The highest BCUT2D eigenvalue weighted by Crippen LogP contribution is 1.91. The first-order chi connectivity index (χ1) is 2.56. The zero-order chi connectivity index (χ0) is 5.21. The molecule has 0 saturated carbocycles. The Morgan fingerprint density at radius 2 is 1.50 bits per heavy atom. The number of hydrogen-bond acceptors (Lipinski definition) is 1. The zero-order valence-corrected chi connectivity index (χ0v) is 5.41. The molecule has 0 spiro atoms. The normalized spacial score (nSPS) is 11.2. The summed E-state index contributed by atoms with van der Waals surface area (Å²) in [6.45, 7) is 5.88. The molecule has 0 saturated heterocycles. The van der Waals surface area contributed by atoms with E-state index >= 15 is 0 Å². The van der Waals surface area contributed by atoms with Crippen LogP contribution >= 0.6 is 0 Å². The standard InChI is InChI=1S/C4H9OSi/c1-6(2,3)4-5/h1-3H3. The molecular weight excluding hydrogens is 92.1 g/mol. The fourth-order valence-electron chi connectivity index (χ4n) is 0. The molecule has 1 nitrogen and oxygen atoms in total. The lowest BCUT2D eigenvalue weighted by Crippen LogP contribution is -2.21. The summed E-state index contributed by atoms with van der Waals surface area (Å²) in [5.74, 6) is 1.99. The fourth-order valence-corrected chi connectivity index (χ4v) is 0. The van der Waals surface area contributed by atoms with Crippen LogP contribution in [0.5, 0.6) is 0 Å². The average Bonchev–Trinajstić information content (AvgIpc) is 1.35. The van der Waals surface area contributed by atoms with Crippen LogP contribution in [0, 0.1) is 0 Å². The molecule has 0 N–H and O–H groups in total. The van der Waals surface area contributed by atoms with Crippen molar-refractivity contribution >= 4 is 14.0 Å². The van der Waals surface area contributed by atoms with Crippen LogP contribution in [-0.4, -0.2) is 14.0 Å². The molecule has 0 bridgehead atoms. The van der Waals surface area contributed by atoms with Crippen molar-refractivity contribution in [1.29, 1.82) is 0 Å². The third-order valence-corrected chi connectivity index (χ3v) is 0.919. The fraction of sp³-hybridized carbons (Fsp3) is 0.750. The Hall–Kier alpha value is -0.113. The van der Waals surface area contributed by atoms with Crippen molar-refractivity contribution < 1.29 is 4.79 Å². The van der Waals surface area contributed by atoms with Gasteiger partial charge in [-0.3, -0.25) is 4.79 Å². The second kappa shape index (κ2) is 1.56. The number of carbonyl (C=O) groups excluding carboxylic acids is 1. The third-order valence-electron chi connectivity index (χ3n) is 0.306. The topological polar surface area (TPSA) is 17.1 Å². The van der Waals surface area contributed by atoms with Crippen molar-refractivity contribution in [2.75, 3.05) is 0 Å². The van der Waals surface area contributed by atoms with Gasteiger partial charge in [-0.05, 0) is 0 Å². The lowest BCUT2D eigenvalue weighted by molar-refractivity contribution is 0.567. The zero-order valence-electron chi connectivity index (χ0n) is 4.41. The molecule has 0 aromatic rings.